The average molecular weight is 281 g/mol. The second-order valence-electron chi connectivity index (χ2n) is 4.56. The molecule has 0 bridgehead atoms. The van der Waals surface area contributed by atoms with E-state index in [1.165, 1.54) is 17.8 Å². The highest BCUT2D eigenvalue weighted by atomic mass is 32.2. The Morgan fingerprint density at radius 1 is 1.32 bits per heavy atom. The maximum absolute atomic E-state index is 13.4. The average Bonchev–Trinajstić information content (AvgIpc) is 2.85. The lowest BCUT2D eigenvalue weighted by molar-refractivity contribution is 0.349. The van der Waals surface area contributed by atoms with Crippen molar-refractivity contribution in [2.45, 2.75) is 30.9 Å². The fourth-order valence-corrected chi connectivity index (χ4v) is 2.21. The van der Waals surface area contributed by atoms with Gasteiger partial charge in [0.05, 0.1) is 6.04 Å². The lowest BCUT2D eigenvalue weighted by Gasteiger charge is -2.09. The molecule has 0 saturated heterocycles. The molecule has 0 radical (unpaired) electrons. The molecule has 6 heteroatoms. The number of hydrogen-bond donors (Lipinski definition) is 1. The van der Waals surface area contributed by atoms with E-state index in [0.29, 0.717) is 22.4 Å². The van der Waals surface area contributed by atoms with E-state index >= 15 is 0 Å². The summed E-state index contributed by atoms with van der Waals surface area (Å²) < 4.78 is 18.9. The van der Waals surface area contributed by atoms with Gasteiger partial charge in [-0.05, 0) is 17.5 Å². The van der Waals surface area contributed by atoms with Gasteiger partial charge in [0.15, 0.2) is 0 Å². The van der Waals surface area contributed by atoms with Crippen LogP contribution in [0.15, 0.2) is 33.9 Å². The van der Waals surface area contributed by atoms with E-state index in [9.17, 15) is 4.39 Å². The largest absolute Gasteiger partial charge is 0.414 e. The van der Waals surface area contributed by atoms with E-state index in [1.807, 2.05) is 13.8 Å². The highest BCUT2D eigenvalue weighted by Crippen LogP contribution is 2.25. The Morgan fingerprint density at radius 2 is 2.05 bits per heavy atom. The van der Waals surface area contributed by atoms with E-state index in [4.69, 9.17) is 10.2 Å². The molecule has 1 atom stereocenters. The molecule has 0 unspecified atom stereocenters. The van der Waals surface area contributed by atoms with E-state index in [1.54, 1.807) is 18.2 Å². The Labute approximate surface area is 115 Å². The normalized spacial score (nSPS) is 12.9. The van der Waals surface area contributed by atoms with Gasteiger partial charge in [-0.3, -0.25) is 0 Å². The lowest BCUT2D eigenvalue weighted by Crippen LogP contribution is -2.16. The summed E-state index contributed by atoms with van der Waals surface area (Å²) in [7, 11) is 0. The molecule has 19 heavy (non-hydrogen) atoms. The summed E-state index contributed by atoms with van der Waals surface area (Å²) in [6.45, 7) is 3.97. The number of aromatic nitrogens is 2. The minimum Gasteiger partial charge on any atom is -0.414 e. The summed E-state index contributed by atoms with van der Waals surface area (Å²) >= 11 is 1.30. The molecule has 1 aromatic carbocycles. The standard InChI is InChI=1S/C13H16FN3OS/c1-8(2)11(15)12-16-17-13(18-12)19-7-9-5-3-4-6-10(9)14/h3-6,8,11H,7,15H2,1-2H3/t11-/m0/s1. The Hall–Kier alpha value is -1.40. The quantitative estimate of drug-likeness (QED) is 0.853. The van der Waals surface area contributed by atoms with E-state index in [2.05, 4.69) is 10.2 Å². The Balaban J connectivity index is 1.99. The first-order valence-electron chi connectivity index (χ1n) is 6.03. The molecular formula is C13H16FN3OS. The van der Waals surface area contributed by atoms with Crippen LogP contribution in [0, 0.1) is 11.7 Å². The smallest absolute Gasteiger partial charge is 0.276 e. The molecule has 0 amide bonds. The molecule has 4 nitrogen and oxygen atoms in total. The summed E-state index contributed by atoms with van der Waals surface area (Å²) in [5.74, 6) is 0.870. The van der Waals surface area contributed by atoms with Crippen molar-refractivity contribution < 1.29 is 8.81 Å². The molecule has 102 valence electrons. The third-order valence-electron chi connectivity index (χ3n) is 2.73. The van der Waals surface area contributed by atoms with Gasteiger partial charge in [-0.15, -0.1) is 10.2 Å². The number of hydrogen-bond acceptors (Lipinski definition) is 5. The van der Waals surface area contributed by atoms with Crippen LogP contribution in [0.5, 0.6) is 0 Å². The minimum absolute atomic E-state index is 0.227. The number of nitrogens with zero attached hydrogens (tertiary/aromatic N) is 2. The van der Waals surface area contributed by atoms with Crippen LogP contribution in [0.25, 0.3) is 0 Å². The molecule has 2 N–H and O–H groups in total. The van der Waals surface area contributed by atoms with Crippen LogP contribution in [0.3, 0.4) is 0 Å². The van der Waals surface area contributed by atoms with Gasteiger partial charge in [0.2, 0.25) is 5.89 Å². The highest BCUT2D eigenvalue weighted by Gasteiger charge is 2.18. The first-order valence-corrected chi connectivity index (χ1v) is 7.01. The molecule has 0 saturated carbocycles. The topological polar surface area (TPSA) is 64.9 Å². The SMILES string of the molecule is CC(C)[C@H](N)c1nnc(SCc2ccccc2F)o1. The first-order chi connectivity index (χ1) is 9.08. The van der Waals surface area contributed by atoms with Crippen LogP contribution < -0.4 is 5.73 Å². The Bertz CT molecular complexity index is 544. The molecule has 0 fully saturated rings. The number of halogens is 1. The predicted molar refractivity (Wildman–Crippen MR) is 72.0 cm³/mol. The van der Waals surface area contributed by atoms with Crippen LogP contribution >= 0.6 is 11.8 Å². The molecule has 0 aliphatic rings. The van der Waals surface area contributed by atoms with Gasteiger partial charge in [-0.2, -0.15) is 0 Å². The van der Waals surface area contributed by atoms with Gasteiger partial charge in [0.25, 0.3) is 5.22 Å². The van der Waals surface area contributed by atoms with Crippen molar-refractivity contribution in [3.05, 3.63) is 41.5 Å². The summed E-state index contributed by atoms with van der Waals surface area (Å²) in [6.07, 6.45) is 0. The summed E-state index contributed by atoms with van der Waals surface area (Å²) in [5, 5.41) is 8.24. The van der Waals surface area contributed by atoms with Crippen LogP contribution in [0.1, 0.15) is 31.3 Å². The number of thioether (sulfide) groups is 1. The zero-order valence-corrected chi connectivity index (χ0v) is 11.7. The second kappa shape index (κ2) is 6.16. The van der Waals surface area contributed by atoms with E-state index in [0.717, 1.165) is 0 Å². The van der Waals surface area contributed by atoms with Gasteiger partial charge in [0.1, 0.15) is 5.82 Å². The van der Waals surface area contributed by atoms with Gasteiger partial charge in [0, 0.05) is 5.75 Å². The minimum atomic E-state index is -0.268. The van der Waals surface area contributed by atoms with Crippen LogP contribution in [-0.2, 0) is 5.75 Å². The van der Waals surface area contributed by atoms with Crippen molar-refractivity contribution in [1.82, 2.24) is 10.2 Å². The third-order valence-corrected chi connectivity index (χ3v) is 3.60. The van der Waals surface area contributed by atoms with Gasteiger partial charge in [-0.25, -0.2) is 4.39 Å². The number of benzene rings is 1. The van der Waals surface area contributed by atoms with Gasteiger partial charge in [-0.1, -0.05) is 43.8 Å². The van der Waals surface area contributed by atoms with Crippen molar-refractivity contribution in [1.29, 1.82) is 0 Å². The Kier molecular flexibility index (Phi) is 4.55. The summed E-state index contributed by atoms with van der Waals surface area (Å²) in [6, 6.07) is 6.36. The lowest BCUT2D eigenvalue weighted by atomic mass is 10.1. The van der Waals surface area contributed by atoms with Crippen molar-refractivity contribution in [3.8, 4) is 0 Å². The fourth-order valence-electron chi connectivity index (χ4n) is 1.45. The number of nitrogens with two attached hydrogens (primary N) is 1. The first kappa shape index (κ1) is 14.0. The summed E-state index contributed by atoms with van der Waals surface area (Å²) in [5.41, 5.74) is 6.53. The molecule has 0 aliphatic carbocycles. The van der Waals surface area contributed by atoms with E-state index < -0.39 is 0 Å². The van der Waals surface area contributed by atoms with Crippen LogP contribution in [0.4, 0.5) is 4.39 Å². The molecule has 1 heterocycles. The Morgan fingerprint density at radius 3 is 2.74 bits per heavy atom. The van der Waals surface area contributed by atoms with Crippen molar-refractivity contribution in [2.75, 3.05) is 0 Å². The molecule has 2 aromatic rings. The molecular weight excluding hydrogens is 265 g/mol. The van der Waals surface area contributed by atoms with Crippen molar-refractivity contribution >= 4 is 11.8 Å². The van der Waals surface area contributed by atoms with Crippen LogP contribution in [-0.4, -0.2) is 10.2 Å². The maximum Gasteiger partial charge on any atom is 0.276 e. The van der Waals surface area contributed by atoms with Gasteiger partial charge >= 0.3 is 0 Å². The van der Waals surface area contributed by atoms with Crippen molar-refractivity contribution in [2.24, 2.45) is 11.7 Å². The maximum atomic E-state index is 13.4. The highest BCUT2D eigenvalue weighted by molar-refractivity contribution is 7.98. The number of rotatable bonds is 5. The zero-order valence-electron chi connectivity index (χ0n) is 10.8. The van der Waals surface area contributed by atoms with Crippen LogP contribution in [0.2, 0.25) is 0 Å². The zero-order chi connectivity index (χ0) is 13.8. The summed E-state index contributed by atoms with van der Waals surface area (Å²) in [4.78, 5) is 0. The monoisotopic (exact) mass is 281 g/mol. The predicted octanol–water partition coefficient (Wildman–Crippen LogP) is 3.16. The second-order valence-corrected chi connectivity index (χ2v) is 5.48. The molecule has 1 aromatic heterocycles. The third kappa shape index (κ3) is 3.54. The molecule has 0 spiro atoms. The van der Waals surface area contributed by atoms with E-state index in [-0.39, 0.29) is 17.8 Å². The fraction of sp³-hybridized carbons (Fsp3) is 0.385. The molecule has 2 rings (SSSR count). The van der Waals surface area contributed by atoms with Crippen molar-refractivity contribution in [3.63, 3.8) is 0 Å². The van der Waals surface area contributed by atoms with Gasteiger partial charge < -0.3 is 10.2 Å². The molecule has 0 aliphatic heterocycles.